The quantitative estimate of drug-likeness (QED) is 0.672. The van der Waals surface area contributed by atoms with Crippen LogP contribution in [0, 0.1) is 5.41 Å². The molecule has 0 heterocycles. The van der Waals surface area contributed by atoms with Crippen molar-refractivity contribution < 1.29 is 0 Å². The first kappa shape index (κ1) is 18.9. The van der Waals surface area contributed by atoms with E-state index in [1.165, 1.54) is 32.1 Å². The molecular formula is C17H38N2. The standard InChI is InChI=1S/C17H38N2/c1-9-14-18-15(12-13-16(4,5)6)17(10-2,11-3)19(7)8/h15,18H,9-14H2,1-8H3. The van der Waals surface area contributed by atoms with Crippen LogP contribution in [0.2, 0.25) is 0 Å². The molecule has 0 fully saturated rings. The SMILES string of the molecule is CCCNC(CCC(C)(C)C)C(CC)(CC)N(C)C. The van der Waals surface area contributed by atoms with Crippen molar-refractivity contribution in [3.8, 4) is 0 Å². The molecule has 0 spiro atoms. The van der Waals surface area contributed by atoms with Crippen LogP contribution in [0.25, 0.3) is 0 Å². The molecule has 0 radical (unpaired) electrons. The first-order valence-electron chi connectivity index (χ1n) is 8.14. The number of nitrogens with zero attached hydrogens (tertiary/aromatic N) is 1. The van der Waals surface area contributed by atoms with E-state index in [0.717, 1.165) is 6.54 Å². The second-order valence-corrected chi connectivity index (χ2v) is 7.31. The molecule has 1 N–H and O–H groups in total. The van der Waals surface area contributed by atoms with Gasteiger partial charge in [-0.25, -0.2) is 0 Å². The Morgan fingerprint density at radius 1 is 1.00 bits per heavy atom. The number of nitrogens with one attached hydrogen (secondary N) is 1. The van der Waals surface area contributed by atoms with E-state index in [0.29, 0.717) is 17.0 Å². The van der Waals surface area contributed by atoms with Crippen molar-refractivity contribution in [2.24, 2.45) is 5.41 Å². The number of hydrogen-bond donors (Lipinski definition) is 1. The van der Waals surface area contributed by atoms with Crippen molar-refractivity contribution in [3.05, 3.63) is 0 Å². The molecule has 116 valence electrons. The smallest absolute Gasteiger partial charge is 0.0351 e. The third-order valence-electron chi connectivity index (χ3n) is 4.59. The lowest BCUT2D eigenvalue weighted by Gasteiger charge is -2.46. The monoisotopic (exact) mass is 270 g/mol. The van der Waals surface area contributed by atoms with Crippen LogP contribution in [0.5, 0.6) is 0 Å². The van der Waals surface area contributed by atoms with Gasteiger partial charge in [-0.2, -0.15) is 0 Å². The largest absolute Gasteiger partial charge is 0.312 e. The summed E-state index contributed by atoms with van der Waals surface area (Å²) in [5.41, 5.74) is 0.714. The van der Waals surface area contributed by atoms with Crippen LogP contribution >= 0.6 is 0 Å². The summed E-state index contributed by atoms with van der Waals surface area (Å²) < 4.78 is 0. The first-order chi connectivity index (χ1) is 8.73. The highest BCUT2D eigenvalue weighted by molar-refractivity contribution is 4.97. The molecule has 0 saturated heterocycles. The maximum absolute atomic E-state index is 3.82. The van der Waals surface area contributed by atoms with Crippen LogP contribution in [-0.4, -0.2) is 37.1 Å². The van der Waals surface area contributed by atoms with Gasteiger partial charge in [-0.05, 0) is 58.2 Å². The van der Waals surface area contributed by atoms with Gasteiger partial charge in [0.25, 0.3) is 0 Å². The Morgan fingerprint density at radius 3 is 1.84 bits per heavy atom. The summed E-state index contributed by atoms with van der Waals surface area (Å²) >= 11 is 0. The third kappa shape index (κ3) is 5.83. The van der Waals surface area contributed by atoms with Crippen molar-refractivity contribution in [1.82, 2.24) is 10.2 Å². The van der Waals surface area contributed by atoms with Gasteiger partial charge in [0.05, 0.1) is 0 Å². The predicted octanol–water partition coefficient (Wildman–Crippen LogP) is 4.30. The van der Waals surface area contributed by atoms with Gasteiger partial charge in [-0.3, -0.25) is 0 Å². The fourth-order valence-corrected chi connectivity index (χ4v) is 3.14. The Kier molecular flexibility index (Phi) is 8.23. The van der Waals surface area contributed by atoms with Crippen LogP contribution in [0.1, 0.15) is 73.6 Å². The van der Waals surface area contributed by atoms with Crippen LogP contribution in [0.3, 0.4) is 0 Å². The van der Waals surface area contributed by atoms with E-state index in [9.17, 15) is 0 Å². The molecule has 0 aliphatic carbocycles. The Balaban J connectivity index is 4.96. The molecule has 0 aromatic heterocycles. The molecule has 0 aromatic carbocycles. The number of likely N-dealkylation sites (N-methyl/N-ethyl adjacent to an activating group) is 1. The highest BCUT2D eigenvalue weighted by Gasteiger charge is 2.37. The van der Waals surface area contributed by atoms with Crippen LogP contribution in [0.15, 0.2) is 0 Å². The summed E-state index contributed by atoms with van der Waals surface area (Å²) in [5, 5.41) is 3.82. The minimum atomic E-state index is 0.292. The predicted molar refractivity (Wildman–Crippen MR) is 87.8 cm³/mol. The second-order valence-electron chi connectivity index (χ2n) is 7.31. The molecule has 1 unspecified atom stereocenters. The zero-order valence-electron chi connectivity index (χ0n) is 14.8. The van der Waals surface area contributed by atoms with Crippen LogP contribution in [0.4, 0.5) is 0 Å². The summed E-state index contributed by atoms with van der Waals surface area (Å²) in [4.78, 5) is 2.45. The molecule has 0 aromatic rings. The van der Waals surface area contributed by atoms with E-state index in [4.69, 9.17) is 0 Å². The molecule has 0 aliphatic heterocycles. The molecule has 1 atom stereocenters. The Morgan fingerprint density at radius 2 is 1.53 bits per heavy atom. The average Bonchev–Trinajstić information content (AvgIpc) is 2.31. The zero-order valence-corrected chi connectivity index (χ0v) is 14.8. The summed E-state index contributed by atoms with van der Waals surface area (Å²) in [5.74, 6) is 0. The van der Waals surface area contributed by atoms with Gasteiger partial charge in [0.15, 0.2) is 0 Å². The van der Waals surface area contributed by atoms with Gasteiger partial charge in [0, 0.05) is 11.6 Å². The lowest BCUT2D eigenvalue weighted by Crippen LogP contribution is -2.58. The van der Waals surface area contributed by atoms with Crippen LogP contribution < -0.4 is 5.32 Å². The van der Waals surface area contributed by atoms with E-state index < -0.39 is 0 Å². The second kappa shape index (κ2) is 8.26. The fraction of sp³-hybridized carbons (Fsp3) is 1.00. The first-order valence-corrected chi connectivity index (χ1v) is 8.14. The maximum Gasteiger partial charge on any atom is 0.0351 e. The zero-order chi connectivity index (χ0) is 15.1. The lowest BCUT2D eigenvalue weighted by molar-refractivity contribution is 0.0782. The molecule has 2 heteroatoms. The molecule has 0 aliphatic rings. The van der Waals surface area contributed by atoms with E-state index in [2.05, 4.69) is 65.9 Å². The topological polar surface area (TPSA) is 15.3 Å². The van der Waals surface area contributed by atoms with Crippen LogP contribution in [-0.2, 0) is 0 Å². The van der Waals surface area contributed by atoms with Gasteiger partial charge in [0.2, 0.25) is 0 Å². The van der Waals surface area contributed by atoms with Crippen molar-refractivity contribution in [2.75, 3.05) is 20.6 Å². The molecule has 19 heavy (non-hydrogen) atoms. The van der Waals surface area contributed by atoms with Crippen molar-refractivity contribution in [1.29, 1.82) is 0 Å². The van der Waals surface area contributed by atoms with Crippen molar-refractivity contribution in [3.63, 3.8) is 0 Å². The van der Waals surface area contributed by atoms with Gasteiger partial charge < -0.3 is 10.2 Å². The summed E-state index contributed by atoms with van der Waals surface area (Å²) in [6, 6.07) is 0.594. The summed E-state index contributed by atoms with van der Waals surface area (Å²) in [6.07, 6.45) is 6.18. The normalized spacial score (nSPS) is 15.0. The molecule has 0 saturated carbocycles. The van der Waals surface area contributed by atoms with E-state index in [-0.39, 0.29) is 0 Å². The minimum absolute atomic E-state index is 0.292. The third-order valence-corrected chi connectivity index (χ3v) is 4.59. The van der Waals surface area contributed by atoms with Gasteiger partial charge in [-0.15, -0.1) is 0 Å². The van der Waals surface area contributed by atoms with Crippen molar-refractivity contribution >= 4 is 0 Å². The Labute approximate surface area is 122 Å². The van der Waals surface area contributed by atoms with E-state index in [1.54, 1.807) is 0 Å². The Hall–Kier alpha value is -0.0800. The molecule has 0 rings (SSSR count). The fourth-order valence-electron chi connectivity index (χ4n) is 3.14. The minimum Gasteiger partial charge on any atom is -0.312 e. The molecule has 0 amide bonds. The van der Waals surface area contributed by atoms with E-state index >= 15 is 0 Å². The van der Waals surface area contributed by atoms with Gasteiger partial charge >= 0.3 is 0 Å². The van der Waals surface area contributed by atoms with Gasteiger partial charge in [0.1, 0.15) is 0 Å². The molecule has 2 nitrogen and oxygen atoms in total. The molecule has 0 bridgehead atoms. The van der Waals surface area contributed by atoms with E-state index in [1.807, 2.05) is 0 Å². The summed E-state index contributed by atoms with van der Waals surface area (Å²) in [7, 11) is 4.48. The lowest BCUT2D eigenvalue weighted by atomic mass is 9.78. The van der Waals surface area contributed by atoms with Crippen molar-refractivity contribution in [2.45, 2.75) is 85.2 Å². The maximum atomic E-state index is 3.82. The number of hydrogen-bond acceptors (Lipinski definition) is 2. The highest BCUT2D eigenvalue weighted by atomic mass is 15.2. The number of rotatable bonds is 9. The van der Waals surface area contributed by atoms with Gasteiger partial charge in [-0.1, -0.05) is 41.5 Å². The summed E-state index contributed by atoms with van der Waals surface area (Å²) in [6.45, 7) is 15.1. The molecular weight excluding hydrogens is 232 g/mol. The average molecular weight is 271 g/mol. The Bertz CT molecular complexity index is 224. The highest BCUT2D eigenvalue weighted by Crippen LogP contribution is 2.31.